The van der Waals surface area contributed by atoms with Gasteiger partial charge in [0.25, 0.3) is 0 Å². The SMILES string of the molecule is CCC1CCCC(C(NN)c2occc2Br)C1. The topological polar surface area (TPSA) is 51.2 Å². The van der Waals surface area contributed by atoms with Crippen molar-refractivity contribution in [3.63, 3.8) is 0 Å². The van der Waals surface area contributed by atoms with Crippen LogP contribution in [0.4, 0.5) is 0 Å². The minimum Gasteiger partial charge on any atom is -0.466 e. The van der Waals surface area contributed by atoms with E-state index in [4.69, 9.17) is 10.3 Å². The molecule has 4 heteroatoms. The van der Waals surface area contributed by atoms with Gasteiger partial charge in [-0.1, -0.05) is 26.2 Å². The fourth-order valence-electron chi connectivity index (χ4n) is 2.96. The fourth-order valence-corrected chi connectivity index (χ4v) is 3.41. The molecule has 96 valence electrons. The van der Waals surface area contributed by atoms with Crippen molar-refractivity contribution in [2.45, 2.75) is 45.1 Å². The van der Waals surface area contributed by atoms with Crippen LogP contribution in [0.3, 0.4) is 0 Å². The maximum atomic E-state index is 5.72. The zero-order chi connectivity index (χ0) is 12.3. The zero-order valence-electron chi connectivity index (χ0n) is 10.3. The third-order valence-corrected chi connectivity index (χ3v) is 4.63. The summed E-state index contributed by atoms with van der Waals surface area (Å²) in [6, 6.07) is 2.06. The standard InChI is InChI=1S/C13H21BrN2O/c1-2-9-4-3-5-10(8-9)12(16-15)13-11(14)6-7-17-13/h6-7,9-10,12,16H,2-5,8,15H2,1H3. The highest BCUT2D eigenvalue weighted by Crippen LogP contribution is 2.40. The number of hydrogen-bond acceptors (Lipinski definition) is 3. The van der Waals surface area contributed by atoms with Gasteiger partial charge in [0.15, 0.2) is 0 Å². The van der Waals surface area contributed by atoms with Crippen molar-refractivity contribution < 1.29 is 4.42 Å². The van der Waals surface area contributed by atoms with Crippen molar-refractivity contribution >= 4 is 15.9 Å². The Bertz CT molecular complexity index is 353. The highest BCUT2D eigenvalue weighted by molar-refractivity contribution is 9.10. The lowest BCUT2D eigenvalue weighted by atomic mass is 9.76. The minimum absolute atomic E-state index is 0.133. The smallest absolute Gasteiger partial charge is 0.136 e. The van der Waals surface area contributed by atoms with E-state index < -0.39 is 0 Å². The molecule has 0 spiro atoms. The lowest BCUT2D eigenvalue weighted by Crippen LogP contribution is -2.35. The molecule has 3 N–H and O–H groups in total. The molecule has 2 rings (SSSR count). The Morgan fingerprint density at radius 1 is 1.59 bits per heavy atom. The number of hydrazine groups is 1. The van der Waals surface area contributed by atoms with Crippen LogP contribution in [0.15, 0.2) is 21.2 Å². The van der Waals surface area contributed by atoms with E-state index in [9.17, 15) is 0 Å². The van der Waals surface area contributed by atoms with Crippen LogP contribution in [0, 0.1) is 11.8 Å². The second-order valence-corrected chi connectivity index (χ2v) is 5.83. The van der Waals surface area contributed by atoms with Crippen molar-refractivity contribution in [1.29, 1.82) is 0 Å². The first kappa shape index (κ1) is 13.1. The van der Waals surface area contributed by atoms with Gasteiger partial charge in [-0.2, -0.15) is 0 Å². The molecule has 0 bridgehead atoms. The van der Waals surface area contributed by atoms with Crippen LogP contribution in [-0.4, -0.2) is 0 Å². The van der Waals surface area contributed by atoms with Crippen molar-refractivity contribution in [1.82, 2.24) is 5.43 Å². The summed E-state index contributed by atoms with van der Waals surface area (Å²) in [6.45, 7) is 2.28. The lowest BCUT2D eigenvalue weighted by Gasteiger charge is -2.33. The van der Waals surface area contributed by atoms with Crippen LogP contribution < -0.4 is 11.3 Å². The van der Waals surface area contributed by atoms with Gasteiger partial charge in [-0.3, -0.25) is 5.84 Å². The molecule has 0 radical (unpaired) electrons. The molecule has 1 aromatic rings. The molecule has 3 atom stereocenters. The fraction of sp³-hybridized carbons (Fsp3) is 0.692. The van der Waals surface area contributed by atoms with Gasteiger partial charge in [0.2, 0.25) is 0 Å². The van der Waals surface area contributed by atoms with Gasteiger partial charge >= 0.3 is 0 Å². The summed E-state index contributed by atoms with van der Waals surface area (Å²) >= 11 is 3.52. The van der Waals surface area contributed by atoms with E-state index in [0.717, 1.165) is 16.2 Å². The zero-order valence-corrected chi connectivity index (χ0v) is 11.9. The Hall–Kier alpha value is -0.320. The quantitative estimate of drug-likeness (QED) is 0.657. The van der Waals surface area contributed by atoms with Gasteiger partial charge in [0.1, 0.15) is 5.76 Å². The second-order valence-electron chi connectivity index (χ2n) is 4.98. The van der Waals surface area contributed by atoms with Gasteiger partial charge < -0.3 is 4.42 Å². The van der Waals surface area contributed by atoms with Crippen LogP contribution in [0.25, 0.3) is 0 Å². The third kappa shape index (κ3) is 2.92. The van der Waals surface area contributed by atoms with Crippen LogP contribution in [0.5, 0.6) is 0 Å². The lowest BCUT2D eigenvalue weighted by molar-refractivity contribution is 0.193. The number of rotatable bonds is 4. The van der Waals surface area contributed by atoms with Crippen molar-refractivity contribution in [2.75, 3.05) is 0 Å². The molecular formula is C13H21BrN2O. The molecule has 0 aromatic carbocycles. The normalized spacial score (nSPS) is 27.0. The maximum absolute atomic E-state index is 5.72. The first-order chi connectivity index (χ1) is 8.26. The van der Waals surface area contributed by atoms with E-state index in [-0.39, 0.29) is 6.04 Å². The molecule has 0 amide bonds. The third-order valence-electron chi connectivity index (χ3n) is 3.98. The van der Waals surface area contributed by atoms with E-state index in [1.165, 1.54) is 32.1 Å². The van der Waals surface area contributed by atoms with Gasteiger partial charge in [-0.05, 0) is 46.7 Å². The highest BCUT2D eigenvalue weighted by Gasteiger charge is 2.30. The first-order valence-electron chi connectivity index (χ1n) is 6.45. The monoisotopic (exact) mass is 300 g/mol. The van der Waals surface area contributed by atoms with E-state index in [1.807, 2.05) is 6.07 Å². The van der Waals surface area contributed by atoms with Crippen molar-refractivity contribution in [2.24, 2.45) is 17.7 Å². The highest BCUT2D eigenvalue weighted by atomic mass is 79.9. The Balaban J connectivity index is 2.10. The molecule has 1 heterocycles. The summed E-state index contributed by atoms with van der Waals surface area (Å²) in [5.41, 5.74) is 2.94. The molecular weight excluding hydrogens is 280 g/mol. The molecule has 3 unspecified atom stereocenters. The molecule has 1 saturated carbocycles. The van der Waals surface area contributed by atoms with Gasteiger partial charge in [0.05, 0.1) is 16.8 Å². The Labute approximate surface area is 111 Å². The van der Waals surface area contributed by atoms with E-state index in [0.29, 0.717) is 5.92 Å². The molecule has 0 aliphatic heterocycles. The van der Waals surface area contributed by atoms with Gasteiger partial charge in [-0.25, -0.2) is 5.43 Å². The van der Waals surface area contributed by atoms with Crippen LogP contribution in [-0.2, 0) is 0 Å². The van der Waals surface area contributed by atoms with Crippen molar-refractivity contribution in [3.8, 4) is 0 Å². The number of hydrogen-bond donors (Lipinski definition) is 2. The Morgan fingerprint density at radius 3 is 3.00 bits per heavy atom. The van der Waals surface area contributed by atoms with Gasteiger partial charge in [0, 0.05) is 0 Å². The predicted molar refractivity (Wildman–Crippen MR) is 72.2 cm³/mol. The number of nitrogens with two attached hydrogens (primary N) is 1. The first-order valence-corrected chi connectivity index (χ1v) is 7.24. The Kier molecular flexibility index (Phi) is 4.65. The average Bonchev–Trinajstić information content (AvgIpc) is 2.77. The number of furan rings is 1. The van der Waals surface area contributed by atoms with E-state index >= 15 is 0 Å². The summed E-state index contributed by atoms with van der Waals surface area (Å²) in [6.07, 6.45) is 8.14. The number of halogens is 1. The van der Waals surface area contributed by atoms with E-state index in [1.54, 1.807) is 6.26 Å². The molecule has 17 heavy (non-hydrogen) atoms. The van der Waals surface area contributed by atoms with Crippen LogP contribution in [0.1, 0.15) is 50.8 Å². The molecule has 1 fully saturated rings. The predicted octanol–water partition coefficient (Wildman–Crippen LogP) is 3.76. The largest absolute Gasteiger partial charge is 0.466 e. The molecule has 0 saturated heterocycles. The Morgan fingerprint density at radius 2 is 2.41 bits per heavy atom. The summed E-state index contributed by atoms with van der Waals surface area (Å²) in [7, 11) is 0. The molecule has 1 aromatic heterocycles. The van der Waals surface area contributed by atoms with Crippen LogP contribution >= 0.6 is 15.9 Å². The van der Waals surface area contributed by atoms with Crippen LogP contribution in [0.2, 0.25) is 0 Å². The molecule has 1 aliphatic rings. The van der Waals surface area contributed by atoms with Gasteiger partial charge in [-0.15, -0.1) is 0 Å². The summed E-state index contributed by atoms with van der Waals surface area (Å²) < 4.78 is 6.56. The molecule has 3 nitrogen and oxygen atoms in total. The number of nitrogens with one attached hydrogen (secondary N) is 1. The van der Waals surface area contributed by atoms with E-state index in [2.05, 4.69) is 28.3 Å². The second kappa shape index (κ2) is 6.03. The summed E-state index contributed by atoms with van der Waals surface area (Å²) in [5.74, 6) is 8.09. The van der Waals surface area contributed by atoms with Crippen molar-refractivity contribution in [3.05, 3.63) is 22.6 Å². The maximum Gasteiger partial charge on any atom is 0.136 e. The average molecular weight is 301 g/mol. The minimum atomic E-state index is 0.133. The summed E-state index contributed by atoms with van der Waals surface area (Å²) in [4.78, 5) is 0. The summed E-state index contributed by atoms with van der Waals surface area (Å²) in [5, 5.41) is 0. The molecule has 1 aliphatic carbocycles.